The van der Waals surface area contributed by atoms with Gasteiger partial charge in [0.1, 0.15) is 11.9 Å². The van der Waals surface area contributed by atoms with E-state index in [0.717, 1.165) is 28.0 Å². The van der Waals surface area contributed by atoms with E-state index in [1.54, 1.807) is 17.0 Å². The molecule has 0 saturated carbocycles. The molecular weight excluding hydrogens is 392 g/mol. The third-order valence-corrected chi connectivity index (χ3v) is 5.84. The lowest BCUT2D eigenvalue weighted by molar-refractivity contribution is -0.126. The average Bonchev–Trinajstić information content (AvgIpc) is 3.45. The van der Waals surface area contributed by atoms with Crippen molar-refractivity contribution in [1.82, 2.24) is 19.8 Å². The lowest BCUT2D eigenvalue weighted by Gasteiger charge is -2.35. The first-order valence-corrected chi connectivity index (χ1v) is 10.2. The molecule has 7 nitrogen and oxygen atoms in total. The van der Waals surface area contributed by atoms with Crippen LogP contribution in [0.5, 0.6) is 0 Å². The second kappa shape index (κ2) is 7.75. The Kier molecular flexibility index (Phi) is 4.78. The summed E-state index contributed by atoms with van der Waals surface area (Å²) in [5.41, 5.74) is 4.01. The van der Waals surface area contributed by atoms with Gasteiger partial charge in [-0.1, -0.05) is 36.4 Å². The fourth-order valence-corrected chi connectivity index (χ4v) is 4.15. The van der Waals surface area contributed by atoms with Crippen molar-refractivity contribution in [3.05, 3.63) is 89.6 Å². The smallest absolute Gasteiger partial charge is 0.290 e. The molecule has 1 unspecified atom stereocenters. The Morgan fingerprint density at radius 3 is 2.61 bits per heavy atom. The van der Waals surface area contributed by atoms with Crippen LogP contribution in [0.2, 0.25) is 0 Å². The average molecular weight is 414 g/mol. The summed E-state index contributed by atoms with van der Waals surface area (Å²) in [6.07, 6.45) is 1.92. The molecule has 0 fully saturated rings. The molecule has 2 amide bonds. The molecule has 31 heavy (non-hydrogen) atoms. The number of hydrogen-bond donors (Lipinski definition) is 1. The first-order chi connectivity index (χ1) is 15.1. The van der Waals surface area contributed by atoms with E-state index in [9.17, 15) is 9.59 Å². The molecule has 3 heterocycles. The lowest BCUT2D eigenvalue weighted by atomic mass is 9.93. The zero-order chi connectivity index (χ0) is 21.4. The molecule has 5 rings (SSSR count). The first kappa shape index (κ1) is 19.1. The molecular formula is C24H22N4O3. The van der Waals surface area contributed by atoms with Crippen molar-refractivity contribution in [1.29, 1.82) is 0 Å². The van der Waals surface area contributed by atoms with Gasteiger partial charge in [-0.2, -0.15) is 0 Å². The van der Waals surface area contributed by atoms with Crippen LogP contribution in [0.25, 0.3) is 11.0 Å². The van der Waals surface area contributed by atoms with Gasteiger partial charge in [-0.15, -0.1) is 0 Å². The minimum Gasteiger partial charge on any atom is -0.459 e. The minimum absolute atomic E-state index is 0.207. The molecule has 1 aliphatic rings. The third kappa shape index (κ3) is 3.48. The van der Waals surface area contributed by atoms with E-state index in [1.807, 2.05) is 60.1 Å². The number of aromatic nitrogens is 2. The number of aryl methyl sites for hydroxylation is 1. The van der Waals surface area contributed by atoms with Crippen LogP contribution in [-0.2, 0) is 31.4 Å². The summed E-state index contributed by atoms with van der Waals surface area (Å²) in [6, 6.07) is 18.4. The second-order valence-corrected chi connectivity index (χ2v) is 7.69. The standard InChI is InChI=1S/C24H22N4O3/c1-27-19-10-5-4-9-18(19)26-22(27)14-25-23(29)20-13-16-7-2-3-8-17(16)15-28(20)24(30)21-11-6-12-31-21/h2-12,20H,13-15H2,1H3,(H,25,29). The molecule has 7 heteroatoms. The monoisotopic (exact) mass is 414 g/mol. The third-order valence-electron chi connectivity index (χ3n) is 5.84. The van der Waals surface area contributed by atoms with Crippen LogP contribution in [0.1, 0.15) is 27.5 Å². The number of rotatable bonds is 4. The maximum absolute atomic E-state index is 13.2. The van der Waals surface area contributed by atoms with Gasteiger partial charge in [0, 0.05) is 20.0 Å². The molecule has 4 aromatic rings. The Hall–Kier alpha value is -3.87. The number of furan rings is 1. The van der Waals surface area contributed by atoms with E-state index in [1.165, 1.54) is 6.26 Å². The number of nitrogens with one attached hydrogen (secondary N) is 1. The van der Waals surface area contributed by atoms with Crippen molar-refractivity contribution in [2.45, 2.75) is 25.6 Å². The Bertz CT molecular complexity index is 1260. The number of imidazole rings is 1. The Morgan fingerprint density at radius 1 is 1.06 bits per heavy atom. The van der Waals surface area contributed by atoms with E-state index in [0.29, 0.717) is 13.0 Å². The summed E-state index contributed by atoms with van der Waals surface area (Å²) in [7, 11) is 1.93. The van der Waals surface area contributed by atoms with E-state index in [4.69, 9.17) is 4.42 Å². The SMILES string of the molecule is Cn1c(CNC(=O)C2Cc3ccccc3CN2C(=O)c2ccco2)nc2ccccc21. The topological polar surface area (TPSA) is 80.4 Å². The molecule has 1 atom stereocenters. The molecule has 0 bridgehead atoms. The Balaban J connectivity index is 1.39. The number of fused-ring (bicyclic) bond motifs is 2. The summed E-state index contributed by atoms with van der Waals surface area (Å²) >= 11 is 0. The number of carbonyl (C=O) groups is 2. The van der Waals surface area contributed by atoms with Crippen LogP contribution >= 0.6 is 0 Å². The van der Waals surface area contributed by atoms with Crippen LogP contribution in [-0.4, -0.2) is 32.3 Å². The molecule has 156 valence electrons. The maximum atomic E-state index is 13.2. The summed E-state index contributed by atoms with van der Waals surface area (Å²) in [5.74, 6) is 0.492. The summed E-state index contributed by atoms with van der Waals surface area (Å²) in [5, 5.41) is 2.98. The van der Waals surface area contributed by atoms with Crippen molar-refractivity contribution in [3.63, 3.8) is 0 Å². The first-order valence-electron chi connectivity index (χ1n) is 10.2. The summed E-state index contributed by atoms with van der Waals surface area (Å²) in [4.78, 5) is 32.5. The largest absolute Gasteiger partial charge is 0.459 e. The normalized spacial score (nSPS) is 15.6. The van der Waals surface area contributed by atoms with Crippen molar-refractivity contribution in [2.24, 2.45) is 7.05 Å². The highest BCUT2D eigenvalue weighted by atomic mass is 16.3. The Morgan fingerprint density at radius 2 is 1.84 bits per heavy atom. The number of hydrogen-bond acceptors (Lipinski definition) is 4. The quantitative estimate of drug-likeness (QED) is 0.557. The van der Waals surface area contributed by atoms with Gasteiger partial charge in [0.2, 0.25) is 5.91 Å². The van der Waals surface area contributed by atoms with Gasteiger partial charge in [0.25, 0.3) is 5.91 Å². The van der Waals surface area contributed by atoms with Crippen LogP contribution in [0.3, 0.4) is 0 Å². The van der Waals surface area contributed by atoms with Gasteiger partial charge in [-0.3, -0.25) is 9.59 Å². The molecule has 0 radical (unpaired) electrons. The van der Waals surface area contributed by atoms with Gasteiger partial charge >= 0.3 is 0 Å². The molecule has 0 spiro atoms. The van der Waals surface area contributed by atoms with Crippen LogP contribution in [0, 0.1) is 0 Å². The van der Waals surface area contributed by atoms with Crippen molar-refractivity contribution < 1.29 is 14.0 Å². The van der Waals surface area contributed by atoms with Crippen LogP contribution in [0.4, 0.5) is 0 Å². The molecule has 2 aromatic heterocycles. The van der Waals surface area contributed by atoms with Crippen molar-refractivity contribution in [2.75, 3.05) is 0 Å². The van der Waals surface area contributed by atoms with Crippen molar-refractivity contribution in [3.8, 4) is 0 Å². The highest BCUT2D eigenvalue weighted by molar-refractivity contribution is 5.96. The van der Waals surface area contributed by atoms with Gasteiger partial charge in [-0.05, 0) is 35.4 Å². The van der Waals surface area contributed by atoms with Crippen LogP contribution < -0.4 is 5.32 Å². The Labute approximate surface area is 179 Å². The molecule has 1 N–H and O–H groups in total. The zero-order valence-corrected chi connectivity index (χ0v) is 17.1. The highest BCUT2D eigenvalue weighted by Gasteiger charge is 2.36. The van der Waals surface area contributed by atoms with E-state index >= 15 is 0 Å². The number of benzene rings is 2. The highest BCUT2D eigenvalue weighted by Crippen LogP contribution is 2.25. The van der Waals surface area contributed by atoms with Gasteiger partial charge in [-0.25, -0.2) is 4.98 Å². The predicted molar refractivity (Wildman–Crippen MR) is 115 cm³/mol. The second-order valence-electron chi connectivity index (χ2n) is 7.69. The zero-order valence-electron chi connectivity index (χ0n) is 17.1. The van der Waals surface area contributed by atoms with E-state index < -0.39 is 6.04 Å². The van der Waals surface area contributed by atoms with Gasteiger partial charge in [0.05, 0.1) is 23.8 Å². The fraction of sp³-hybridized carbons (Fsp3) is 0.208. The van der Waals surface area contributed by atoms with Gasteiger partial charge in [0.15, 0.2) is 5.76 Å². The summed E-state index contributed by atoms with van der Waals surface area (Å²) < 4.78 is 7.28. The number of amides is 2. The van der Waals surface area contributed by atoms with Crippen molar-refractivity contribution >= 4 is 22.8 Å². The lowest BCUT2D eigenvalue weighted by Crippen LogP contribution is -2.52. The molecule has 1 aliphatic heterocycles. The minimum atomic E-state index is -0.623. The number of carbonyl (C=O) groups excluding carboxylic acids is 2. The molecule has 0 saturated heterocycles. The van der Waals surface area contributed by atoms with Gasteiger partial charge < -0.3 is 19.2 Å². The number of nitrogens with zero attached hydrogens (tertiary/aromatic N) is 3. The van der Waals surface area contributed by atoms with Crippen LogP contribution in [0.15, 0.2) is 71.3 Å². The van der Waals surface area contributed by atoms with E-state index in [2.05, 4.69) is 10.3 Å². The number of para-hydroxylation sites is 2. The molecule has 2 aromatic carbocycles. The molecule has 0 aliphatic carbocycles. The summed E-state index contributed by atoms with van der Waals surface area (Å²) in [6.45, 7) is 0.644. The predicted octanol–water partition coefficient (Wildman–Crippen LogP) is 3.05. The fourth-order valence-electron chi connectivity index (χ4n) is 4.15. The maximum Gasteiger partial charge on any atom is 0.290 e. The van der Waals surface area contributed by atoms with E-state index in [-0.39, 0.29) is 24.1 Å².